The molecular weight excluding hydrogens is 250 g/mol. The van der Waals surface area contributed by atoms with Crippen LogP contribution in [0.2, 0.25) is 0 Å². The summed E-state index contributed by atoms with van der Waals surface area (Å²) in [5, 5.41) is 11.3. The Bertz CT molecular complexity index is 472. The highest BCUT2D eigenvalue weighted by atomic mass is 16.5. The van der Waals surface area contributed by atoms with Crippen molar-refractivity contribution in [2.75, 3.05) is 14.2 Å². The number of carbonyl (C=O) groups excluding carboxylic acids is 1. The van der Waals surface area contributed by atoms with E-state index in [4.69, 9.17) is 14.6 Å². The second kappa shape index (κ2) is 6.63. The van der Waals surface area contributed by atoms with Gasteiger partial charge in [0.15, 0.2) is 11.5 Å². The molecule has 0 saturated carbocycles. The monoisotopic (exact) mass is 267 g/mol. The summed E-state index contributed by atoms with van der Waals surface area (Å²) < 4.78 is 10.2. The summed E-state index contributed by atoms with van der Waals surface area (Å²) >= 11 is 0. The molecule has 6 heteroatoms. The van der Waals surface area contributed by atoms with Crippen molar-refractivity contribution in [3.05, 3.63) is 23.8 Å². The van der Waals surface area contributed by atoms with Crippen LogP contribution in [0, 0.1) is 5.92 Å². The van der Waals surface area contributed by atoms with Gasteiger partial charge in [-0.1, -0.05) is 6.07 Å². The third-order valence-electron chi connectivity index (χ3n) is 2.68. The maximum atomic E-state index is 11.5. The fraction of sp³-hybridized carbons (Fsp3) is 0.385. The van der Waals surface area contributed by atoms with Gasteiger partial charge in [-0.05, 0) is 24.6 Å². The maximum absolute atomic E-state index is 11.5. The number of ether oxygens (including phenoxy) is 2. The van der Waals surface area contributed by atoms with E-state index in [0.29, 0.717) is 11.5 Å². The maximum Gasteiger partial charge on any atom is 0.315 e. The molecule has 0 aliphatic heterocycles. The quantitative estimate of drug-likeness (QED) is 0.752. The van der Waals surface area contributed by atoms with E-state index in [9.17, 15) is 9.59 Å². The summed E-state index contributed by atoms with van der Waals surface area (Å²) in [5.74, 6) is -1.59. The fourth-order valence-electron chi connectivity index (χ4n) is 1.45. The van der Waals surface area contributed by atoms with Crippen LogP contribution in [0.5, 0.6) is 11.5 Å². The molecule has 0 fully saturated rings. The summed E-state index contributed by atoms with van der Waals surface area (Å²) in [5.41, 5.74) is 0.795. The van der Waals surface area contributed by atoms with Gasteiger partial charge in [0.25, 0.3) is 0 Å². The second-order valence-electron chi connectivity index (χ2n) is 3.97. The third-order valence-corrected chi connectivity index (χ3v) is 2.68. The van der Waals surface area contributed by atoms with Gasteiger partial charge in [-0.3, -0.25) is 9.59 Å². The zero-order chi connectivity index (χ0) is 14.4. The Kier molecular flexibility index (Phi) is 5.17. The number of aliphatic carboxylic acids is 1. The van der Waals surface area contributed by atoms with Crippen molar-refractivity contribution < 1.29 is 24.2 Å². The predicted octanol–water partition coefficient (Wildman–Crippen LogP) is 1.04. The molecule has 0 bridgehead atoms. The molecule has 104 valence electrons. The third kappa shape index (κ3) is 3.87. The lowest BCUT2D eigenvalue weighted by Crippen LogP contribution is -2.33. The summed E-state index contributed by atoms with van der Waals surface area (Å²) in [6, 6.07) is 5.22. The largest absolute Gasteiger partial charge is 0.493 e. The highest BCUT2D eigenvalue weighted by molar-refractivity contribution is 5.96. The molecule has 0 aromatic heterocycles. The normalized spacial score (nSPS) is 11.5. The van der Waals surface area contributed by atoms with Crippen molar-refractivity contribution in [1.29, 1.82) is 0 Å². The molecule has 1 atom stereocenters. The molecule has 19 heavy (non-hydrogen) atoms. The number of rotatable bonds is 6. The smallest absolute Gasteiger partial charge is 0.315 e. The Balaban J connectivity index is 2.68. The number of carboxylic acids is 1. The second-order valence-corrected chi connectivity index (χ2v) is 3.97. The van der Waals surface area contributed by atoms with Crippen molar-refractivity contribution in [2.24, 2.45) is 5.92 Å². The number of methoxy groups -OCH3 is 2. The molecule has 1 rings (SSSR count). The van der Waals surface area contributed by atoms with E-state index in [0.717, 1.165) is 5.56 Å². The molecule has 0 radical (unpaired) electrons. The molecule has 1 unspecified atom stereocenters. The lowest BCUT2D eigenvalue weighted by Gasteiger charge is -2.11. The van der Waals surface area contributed by atoms with E-state index in [1.807, 2.05) is 0 Å². The van der Waals surface area contributed by atoms with Gasteiger partial charge in [0, 0.05) is 6.54 Å². The van der Waals surface area contributed by atoms with E-state index in [-0.39, 0.29) is 6.54 Å². The van der Waals surface area contributed by atoms with Gasteiger partial charge in [0.1, 0.15) is 5.92 Å². The lowest BCUT2D eigenvalue weighted by atomic mass is 10.1. The topological polar surface area (TPSA) is 84.9 Å². The molecule has 1 amide bonds. The van der Waals surface area contributed by atoms with E-state index >= 15 is 0 Å². The first-order chi connectivity index (χ1) is 8.99. The zero-order valence-electron chi connectivity index (χ0n) is 11.1. The summed E-state index contributed by atoms with van der Waals surface area (Å²) in [6.45, 7) is 1.57. The van der Waals surface area contributed by atoms with Gasteiger partial charge in [0.2, 0.25) is 5.91 Å². The van der Waals surface area contributed by atoms with Crippen molar-refractivity contribution in [3.8, 4) is 11.5 Å². The Morgan fingerprint density at radius 1 is 1.26 bits per heavy atom. The SMILES string of the molecule is COc1ccc(CNC(=O)C(C)C(=O)O)cc1OC. The van der Waals surface area contributed by atoms with Crippen LogP contribution in [0.15, 0.2) is 18.2 Å². The van der Waals surface area contributed by atoms with Gasteiger partial charge in [-0.15, -0.1) is 0 Å². The van der Waals surface area contributed by atoms with E-state index < -0.39 is 17.8 Å². The van der Waals surface area contributed by atoms with E-state index in [1.54, 1.807) is 18.2 Å². The summed E-state index contributed by atoms with van der Waals surface area (Å²) in [7, 11) is 3.06. The zero-order valence-corrected chi connectivity index (χ0v) is 11.1. The van der Waals surface area contributed by atoms with Gasteiger partial charge in [-0.25, -0.2) is 0 Å². The molecule has 0 aliphatic carbocycles. The first-order valence-electron chi connectivity index (χ1n) is 5.71. The molecule has 1 aromatic rings. The van der Waals surface area contributed by atoms with E-state index in [2.05, 4.69) is 5.32 Å². The minimum absolute atomic E-state index is 0.233. The molecule has 0 saturated heterocycles. The Morgan fingerprint density at radius 2 is 1.89 bits per heavy atom. The highest BCUT2D eigenvalue weighted by Crippen LogP contribution is 2.27. The first kappa shape index (κ1) is 14.8. The van der Waals surface area contributed by atoms with Crippen molar-refractivity contribution in [1.82, 2.24) is 5.32 Å². The van der Waals surface area contributed by atoms with Crippen molar-refractivity contribution in [2.45, 2.75) is 13.5 Å². The van der Waals surface area contributed by atoms with Gasteiger partial charge in [0.05, 0.1) is 14.2 Å². The molecule has 0 heterocycles. The number of hydrogen-bond donors (Lipinski definition) is 2. The molecule has 2 N–H and O–H groups in total. The van der Waals surface area contributed by atoms with Crippen LogP contribution in [0.25, 0.3) is 0 Å². The minimum Gasteiger partial charge on any atom is -0.493 e. The molecule has 6 nitrogen and oxygen atoms in total. The van der Waals surface area contributed by atoms with Crippen LogP contribution in [0.1, 0.15) is 12.5 Å². The molecule has 0 aliphatic rings. The number of hydrogen-bond acceptors (Lipinski definition) is 4. The Labute approximate surface area is 111 Å². The van der Waals surface area contributed by atoms with Gasteiger partial charge in [-0.2, -0.15) is 0 Å². The lowest BCUT2D eigenvalue weighted by molar-refractivity contribution is -0.146. The van der Waals surface area contributed by atoms with Crippen LogP contribution in [0.3, 0.4) is 0 Å². The summed E-state index contributed by atoms with van der Waals surface area (Å²) in [6.07, 6.45) is 0. The number of amides is 1. The van der Waals surface area contributed by atoms with Crippen LogP contribution < -0.4 is 14.8 Å². The van der Waals surface area contributed by atoms with Gasteiger partial charge < -0.3 is 19.9 Å². The minimum atomic E-state index is -1.15. The number of carbonyl (C=O) groups is 2. The highest BCUT2D eigenvalue weighted by Gasteiger charge is 2.19. The van der Waals surface area contributed by atoms with Crippen molar-refractivity contribution >= 4 is 11.9 Å². The number of benzene rings is 1. The average molecular weight is 267 g/mol. The fourth-order valence-corrected chi connectivity index (χ4v) is 1.45. The first-order valence-corrected chi connectivity index (χ1v) is 5.71. The standard InChI is InChI=1S/C13H17NO5/c1-8(13(16)17)12(15)14-7-9-4-5-10(18-2)11(6-9)19-3/h4-6,8H,7H2,1-3H3,(H,14,15)(H,16,17). The van der Waals surface area contributed by atoms with Crippen LogP contribution in [-0.4, -0.2) is 31.2 Å². The molecule has 0 spiro atoms. The average Bonchev–Trinajstić information content (AvgIpc) is 2.43. The van der Waals surface area contributed by atoms with Gasteiger partial charge >= 0.3 is 5.97 Å². The predicted molar refractivity (Wildman–Crippen MR) is 68.2 cm³/mol. The Hall–Kier alpha value is -2.24. The van der Waals surface area contributed by atoms with Crippen LogP contribution >= 0.6 is 0 Å². The number of nitrogens with one attached hydrogen (secondary N) is 1. The number of carboxylic acid groups (broad SMARTS) is 1. The Morgan fingerprint density at radius 3 is 2.42 bits per heavy atom. The van der Waals surface area contributed by atoms with Crippen LogP contribution in [0.4, 0.5) is 0 Å². The molecular formula is C13H17NO5. The van der Waals surface area contributed by atoms with Crippen molar-refractivity contribution in [3.63, 3.8) is 0 Å². The van der Waals surface area contributed by atoms with E-state index in [1.165, 1.54) is 21.1 Å². The summed E-state index contributed by atoms with van der Waals surface area (Å²) in [4.78, 5) is 22.1. The molecule has 1 aromatic carbocycles. The van der Waals surface area contributed by atoms with Crippen LogP contribution in [-0.2, 0) is 16.1 Å².